The van der Waals surface area contributed by atoms with Crippen molar-refractivity contribution in [3.63, 3.8) is 0 Å². The van der Waals surface area contributed by atoms with Crippen molar-refractivity contribution in [3.05, 3.63) is 24.3 Å². The quantitative estimate of drug-likeness (QED) is 0.782. The summed E-state index contributed by atoms with van der Waals surface area (Å²) in [7, 11) is 0. The van der Waals surface area contributed by atoms with Crippen LogP contribution in [0.3, 0.4) is 0 Å². The van der Waals surface area contributed by atoms with E-state index in [2.05, 4.69) is 40.8 Å². The van der Waals surface area contributed by atoms with Gasteiger partial charge in [0.1, 0.15) is 0 Å². The summed E-state index contributed by atoms with van der Waals surface area (Å²) in [5.41, 5.74) is 1.13. The molecule has 0 spiro atoms. The molecule has 0 saturated carbocycles. The molecule has 74 valence electrons. The first-order valence-corrected chi connectivity index (χ1v) is 6.68. The summed E-state index contributed by atoms with van der Waals surface area (Å²) in [4.78, 5) is 5.62. The lowest BCUT2D eigenvalue weighted by molar-refractivity contribution is 1.17. The third-order valence-electron chi connectivity index (χ3n) is 1.91. The molecule has 0 aromatic heterocycles. The molecular weight excluding hydrogens is 212 g/mol. The van der Waals surface area contributed by atoms with Gasteiger partial charge in [0.2, 0.25) is 0 Å². The molecule has 0 amide bonds. The summed E-state index contributed by atoms with van der Waals surface area (Å²) < 4.78 is 0. The minimum Gasteiger partial charge on any atom is -0.335 e. The van der Waals surface area contributed by atoms with Crippen molar-refractivity contribution in [2.24, 2.45) is 4.99 Å². The molecule has 1 aliphatic heterocycles. The van der Waals surface area contributed by atoms with Gasteiger partial charge < -0.3 is 5.32 Å². The molecule has 1 heterocycles. The molecule has 0 fully saturated rings. The fourth-order valence-electron chi connectivity index (χ4n) is 1.24. The van der Waals surface area contributed by atoms with Gasteiger partial charge in [0.05, 0.1) is 6.54 Å². The molecule has 4 heteroatoms. The Morgan fingerprint density at radius 2 is 2.43 bits per heavy atom. The van der Waals surface area contributed by atoms with Crippen LogP contribution in [0.5, 0.6) is 0 Å². The molecule has 0 unspecified atom stereocenters. The van der Waals surface area contributed by atoms with Gasteiger partial charge in [-0.05, 0) is 24.5 Å². The molecule has 0 aliphatic carbocycles. The maximum atomic E-state index is 4.35. The molecule has 0 atom stereocenters. The van der Waals surface area contributed by atoms with E-state index in [4.69, 9.17) is 0 Å². The molecule has 1 aromatic carbocycles. The Balaban J connectivity index is 2.08. The number of nitrogens with one attached hydrogen (secondary N) is 1. The molecule has 1 N–H and O–H groups in total. The van der Waals surface area contributed by atoms with E-state index in [9.17, 15) is 0 Å². The zero-order valence-electron chi connectivity index (χ0n) is 7.99. The van der Waals surface area contributed by atoms with Gasteiger partial charge in [-0.15, -0.1) is 11.8 Å². The van der Waals surface area contributed by atoms with Crippen LogP contribution in [0.15, 0.2) is 34.2 Å². The van der Waals surface area contributed by atoms with Crippen molar-refractivity contribution in [2.75, 3.05) is 23.9 Å². The molecule has 2 nitrogen and oxygen atoms in total. The highest BCUT2D eigenvalue weighted by Gasteiger charge is 2.06. The fourth-order valence-corrected chi connectivity index (χ4v) is 2.44. The van der Waals surface area contributed by atoms with Crippen LogP contribution in [0, 0.1) is 0 Å². The van der Waals surface area contributed by atoms with E-state index in [1.54, 1.807) is 23.5 Å². The number of aliphatic imine (C=N–C) groups is 1. The van der Waals surface area contributed by atoms with Gasteiger partial charge in [0.15, 0.2) is 5.17 Å². The Labute approximate surface area is 92.6 Å². The van der Waals surface area contributed by atoms with Crippen LogP contribution in [-0.4, -0.2) is 23.7 Å². The summed E-state index contributed by atoms with van der Waals surface area (Å²) in [6, 6.07) is 8.39. The van der Waals surface area contributed by atoms with Gasteiger partial charge in [0, 0.05) is 16.3 Å². The Morgan fingerprint density at radius 3 is 3.14 bits per heavy atom. The van der Waals surface area contributed by atoms with Gasteiger partial charge in [-0.25, -0.2) is 0 Å². The van der Waals surface area contributed by atoms with Crippen LogP contribution in [0.1, 0.15) is 0 Å². The van der Waals surface area contributed by atoms with Crippen LogP contribution < -0.4 is 5.32 Å². The van der Waals surface area contributed by atoms with E-state index in [0.29, 0.717) is 0 Å². The highest BCUT2D eigenvalue weighted by atomic mass is 32.2. The Hall–Kier alpha value is -0.610. The SMILES string of the molecule is CSc1cccc(NC2=NCCS2)c1. The largest absolute Gasteiger partial charge is 0.335 e. The Kier molecular flexibility index (Phi) is 3.37. The first-order chi connectivity index (χ1) is 6.88. The first kappa shape index (κ1) is 9.93. The number of hydrogen-bond donors (Lipinski definition) is 1. The molecule has 14 heavy (non-hydrogen) atoms. The standard InChI is InChI=1S/C10H12N2S2/c1-13-9-4-2-3-8(7-9)12-10-11-5-6-14-10/h2-4,7H,5-6H2,1H3,(H,11,12). The number of nitrogens with zero attached hydrogens (tertiary/aromatic N) is 1. The third kappa shape index (κ3) is 2.45. The van der Waals surface area contributed by atoms with Gasteiger partial charge in [-0.1, -0.05) is 17.8 Å². The second-order valence-corrected chi connectivity index (χ2v) is 4.86. The van der Waals surface area contributed by atoms with Crippen LogP contribution >= 0.6 is 23.5 Å². The smallest absolute Gasteiger partial charge is 0.161 e. The van der Waals surface area contributed by atoms with Crippen molar-refractivity contribution < 1.29 is 0 Å². The van der Waals surface area contributed by atoms with Crippen molar-refractivity contribution in [3.8, 4) is 0 Å². The summed E-state index contributed by atoms with van der Waals surface area (Å²) in [5, 5.41) is 4.36. The van der Waals surface area contributed by atoms with E-state index in [-0.39, 0.29) is 0 Å². The number of rotatable bonds is 2. The van der Waals surface area contributed by atoms with Crippen LogP contribution in [0.2, 0.25) is 0 Å². The van der Waals surface area contributed by atoms with Gasteiger partial charge in [-0.3, -0.25) is 4.99 Å². The van der Waals surface area contributed by atoms with Gasteiger partial charge >= 0.3 is 0 Å². The molecule has 2 rings (SSSR count). The van der Waals surface area contributed by atoms with E-state index in [1.165, 1.54) is 4.90 Å². The number of amidine groups is 1. The summed E-state index contributed by atoms with van der Waals surface area (Å²) in [6.07, 6.45) is 2.08. The zero-order valence-corrected chi connectivity index (χ0v) is 9.62. The molecule has 0 saturated heterocycles. The number of benzene rings is 1. The lowest BCUT2D eigenvalue weighted by Crippen LogP contribution is -2.04. The molecule has 0 bridgehead atoms. The van der Waals surface area contributed by atoms with E-state index < -0.39 is 0 Å². The Bertz CT molecular complexity index is 350. The first-order valence-electron chi connectivity index (χ1n) is 4.47. The highest BCUT2D eigenvalue weighted by Crippen LogP contribution is 2.21. The zero-order chi connectivity index (χ0) is 9.80. The normalized spacial score (nSPS) is 15.4. The lowest BCUT2D eigenvalue weighted by atomic mass is 10.3. The second kappa shape index (κ2) is 4.75. The predicted octanol–water partition coefficient (Wildman–Crippen LogP) is 2.92. The van der Waals surface area contributed by atoms with Gasteiger partial charge in [0.25, 0.3) is 0 Å². The van der Waals surface area contributed by atoms with Crippen molar-refractivity contribution in [1.29, 1.82) is 0 Å². The molecule has 1 aliphatic rings. The van der Waals surface area contributed by atoms with Crippen molar-refractivity contribution in [2.45, 2.75) is 4.90 Å². The summed E-state index contributed by atoms with van der Waals surface area (Å²) >= 11 is 3.54. The van der Waals surface area contributed by atoms with Crippen LogP contribution in [0.25, 0.3) is 0 Å². The average molecular weight is 224 g/mol. The molecular formula is C10H12N2S2. The minimum atomic E-state index is 0.940. The van der Waals surface area contributed by atoms with E-state index >= 15 is 0 Å². The number of hydrogen-bond acceptors (Lipinski definition) is 4. The lowest BCUT2D eigenvalue weighted by Gasteiger charge is -2.05. The third-order valence-corrected chi connectivity index (χ3v) is 3.52. The Morgan fingerprint density at radius 1 is 1.50 bits per heavy atom. The summed E-state index contributed by atoms with van der Waals surface area (Å²) in [6.45, 7) is 0.940. The van der Waals surface area contributed by atoms with Crippen LogP contribution in [-0.2, 0) is 0 Å². The van der Waals surface area contributed by atoms with E-state index in [0.717, 1.165) is 23.2 Å². The van der Waals surface area contributed by atoms with Gasteiger partial charge in [-0.2, -0.15) is 0 Å². The van der Waals surface area contributed by atoms with E-state index in [1.807, 2.05) is 0 Å². The molecule has 1 aromatic rings. The number of anilines is 1. The predicted molar refractivity (Wildman–Crippen MR) is 66.6 cm³/mol. The van der Waals surface area contributed by atoms with Crippen molar-refractivity contribution >= 4 is 34.4 Å². The maximum Gasteiger partial charge on any atom is 0.161 e. The monoisotopic (exact) mass is 224 g/mol. The highest BCUT2D eigenvalue weighted by molar-refractivity contribution is 8.14. The van der Waals surface area contributed by atoms with Crippen molar-refractivity contribution in [1.82, 2.24) is 0 Å². The average Bonchev–Trinajstić information content (AvgIpc) is 2.71. The second-order valence-electron chi connectivity index (χ2n) is 2.89. The molecule has 0 radical (unpaired) electrons. The topological polar surface area (TPSA) is 24.4 Å². The maximum absolute atomic E-state index is 4.35. The number of thioether (sulfide) groups is 2. The summed E-state index contributed by atoms with van der Waals surface area (Å²) in [5.74, 6) is 1.10. The fraction of sp³-hybridized carbons (Fsp3) is 0.300. The van der Waals surface area contributed by atoms with Crippen LogP contribution in [0.4, 0.5) is 5.69 Å². The minimum absolute atomic E-state index is 0.940.